The molecule has 1 aliphatic heterocycles. The summed E-state index contributed by atoms with van der Waals surface area (Å²) in [5, 5.41) is 0. The van der Waals surface area contributed by atoms with Crippen LogP contribution in [0, 0.1) is 0 Å². The van der Waals surface area contributed by atoms with E-state index in [0.29, 0.717) is 6.10 Å². The molecule has 2 atom stereocenters. The number of halogens is 1. The summed E-state index contributed by atoms with van der Waals surface area (Å²) in [6.45, 7) is 3.16. The van der Waals surface area contributed by atoms with Crippen molar-refractivity contribution in [3.8, 4) is 0 Å². The van der Waals surface area contributed by atoms with E-state index < -0.39 is 0 Å². The van der Waals surface area contributed by atoms with Crippen molar-refractivity contribution in [1.82, 2.24) is 0 Å². The Labute approximate surface area is 63.9 Å². The Morgan fingerprint density at radius 3 is 2.75 bits per heavy atom. The topological polar surface area (TPSA) is 9.23 Å². The first kappa shape index (κ1) is 6.81. The third kappa shape index (κ3) is 1.35. The molecule has 8 heavy (non-hydrogen) atoms. The van der Waals surface area contributed by atoms with Crippen molar-refractivity contribution in [1.29, 1.82) is 0 Å². The van der Waals surface area contributed by atoms with Gasteiger partial charge in [-0.1, -0.05) is 29.5 Å². The molecule has 48 valence electrons. The van der Waals surface area contributed by atoms with E-state index in [-0.39, 0.29) is 0 Å². The van der Waals surface area contributed by atoms with Crippen molar-refractivity contribution < 1.29 is 4.74 Å². The third-order valence-electron chi connectivity index (χ3n) is 1.53. The number of alkyl halides is 1. The highest BCUT2D eigenvalue weighted by Crippen LogP contribution is 2.23. The SMILES string of the molecule is CC[C@H]1OCC[C@@H]1I. The molecule has 0 unspecified atom stereocenters. The zero-order chi connectivity index (χ0) is 5.98. The van der Waals surface area contributed by atoms with Crippen LogP contribution in [0.5, 0.6) is 0 Å². The first-order chi connectivity index (χ1) is 3.84. The summed E-state index contributed by atoms with van der Waals surface area (Å²) >= 11 is 2.47. The fraction of sp³-hybridized carbons (Fsp3) is 1.00. The quantitative estimate of drug-likeness (QED) is 0.490. The van der Waals surface area contributed by atoms with Crippen LogP contribution >= 0.6 is 22.6 Å². The van der Waals surface area contributed by atoms with Gasteiger partial charge in [0, 0.05) is 10.5 Å². The van der Waals surface area contributed by atoms with Gasteiger partial charge in [0.05, 0.1) is 6.10 Å². The lowest BCUT2D eigenvalue weighted by Gasteiger charge is -2.08. The summed E-state index contributed by atoms with van der Waals surface area (Å²) in [4.78, 5) is 0. The van der Waals surface area contributed by atoms with Gasteiger partial charge in [0.15, 0.2) is 0 Å². The molecule has 0 amide bonds. The van der Waals surface area contributed by atoms with E-state index in [4.69, 9.17) is 4.74 Å². The molecule has 0 bridgehead atoms. The molecule has 0 N–H and O–H groups in total. The van der Waals surface area contributed by atoms with Gasteiger partial charge in [0.2, 0.25) is 0 Å². The molecule has 1 aliphatic rings. The van der Waals surface area contributed by atoms with E-state index in [0.717, 1.165) is 10.5 Å². The number of hydrogen-bond acceptors (Lipinski definition) is 1. The Balaban J connectivity index is 2.30. The molecule has 1 saturated heterocycles. The van der Waals surface area contributed by atoms with Crippen molar-refractivity contribution in [3.63, 3.8) is 0 Å². The van der Waals surface area contributed by atoms with E-state index in [9.17, 15) is 0 Å². The molecule has 0 radical (unpaired) electrons. The number of hydrogen-bond donors (Lipinski definition) is 0. The van der Waals surface area contributed by atoms with Gasteiger partial charge >= 0.3 is 0 Å². The molecule has 0 aromatic heterocycles. The number of rotatable bonds is 1. The normalized spacial score (nSPS) is 38.2. The smallest absolute Gasteiger partial charge is 0.0690 e. The van der Waals surface area contributed by atoms with E-state index in [1.54, 1.807) is 0 Å². The Morgan fingerprint density at radius 1 is 1.75 bits per heavy atom. The van der Waals surface area contributed by atoms with Crippen LogP contribution in [0.3, 0.4) is 0 Å². The van der Waals surface area contributed by atoms with E-state index in [2.05, 4.69) is 29.5 Å². The maximum atomic E-state index is 5.41. The van der Waals surface area contributed by atoms with Gasteiger partial charge in [-0.25, -0.2) is 0 Å². The number of ether oxygens (including phenoxy) is 1. The lowest BCUT2D eigenvalue weighted by molar-refractivity contribution is 0.112. The zero-order valence-corrected chi connectivity index (χ0v) is 7.22. The fourth-order valence-electron chi connectivity index (χ4n) is 0.996. The van der Waals surface area contributed by atoms with Gasteiger partial charge < -0.3 is 4.74 Å². The standard InChI is InChI=1S/C6H11IO/c1-2-6-5(7)3-4-8-6/h5-6H,2-4H2,1H3/t5-,6+/m0/s1. The minimum absolute atomic E-state index is 0.551. The van der Waals surface area contributed by atoms with Crippen molar-refractivity contribution in [3.05, 3.63) is 0 Å². The minimum atomic E-state index is 0.551. The maximum absolute atomic E-state index is 5.41. The average Bonchev–Trinajstić information content (AvgIpc) is 2.14. The predicted octanol–water partition coefficient (Wildman–Crippen LogP) is 1.99. The summed E-state index contributed by atoms with van der Waals surface area (Å²) in [7, 11) is 0. The molecule has 0 saturated carbocycles. The highest BCUT2D eigenvalue weighted by Gasteiger charge is 2.23. The van der Waals surface area contributed by atoms with E-state index in [1.807, 2.05) is 0 Å². The minimum Gasteiger partial charge on any atom is -0.377 e. The molecule has 0 spiro atoms. The van der Waals surface area contributed by atoms with Crippen LogP contribution in [-0.4, -0.2) is 16.6 Å². The van der Waals surface area contributed by atoms with Crippen LogP contribution < -0.4 is 0 Å². The molecule has 0 aromatic carbocycles. The lowest BCUT2D eigenvalue weighted by atomic mass is 10.2. The van der Waals surface area contributed by atoms with Gasteiger partial charge in [0.25, 0.3) is 0 Å². The van der Waals surface area contributed by atoms with Crippen molar-refractivity contribution in [2.75, 3.05) is 6.61 Å². The molecule has 0 aromatic rings. The Morgan fingerprint density at radius 2 is 2.50 bits per heavy atom. The van der Waals surface area contributed by atoms with Crippen LogP contribution in [0.2, 0.25) is 0 Å². The highest BCUT2D eigenvalue weighted by atomic mass is 127. The van der Waals surface area contributed by atoms with Crippen LogP contribution in [0.15, 0.2) is 0 Å². The molecule has 1 nitrogen and oxygen atoms in total. The van der Waals surface area contributed by atoms with Crippen molar-refractivity contribution in [2.45, 2.75) is 29.8 Å². The largest absolute Gasteiger partial charge is 0.377 e. The highest BCUT2D eigenvalue weighted by molar-refractivity contribution is 14.1. The molecule has 2 heteroatoms. The average molecular weight is 226 g/mol. The molecular weight excluding hydrogens is 215 g/mol. The second kappa shape index (κ2) is 3.01. The predicted molar refractivity (Wildman–Crippen MR) is 42.5 cm³/mol. The monoisotopic (exact) mass is 226 g/mol. The lowest BCUT2D eigenvalue weighted by Crippen LogP contribution is -2.12. The summed E-state index contributed by atoms with van der Waals surface area (Å²) in [5.74, 6) is 0. The van der Waals surface area contributed by atoms with Gasteiger partial charge in [0.1, 0.15) is 0 Å². The van der Waals surface area contributed by atoms with Crippen LogP contribution in [-0.2, 0) is 4.74 Å². The van der Waals surface area contributed by atoms with Crippen LogP contribution in [0.4, 0.5) is 0 Å². The molecule has 1 rings (SSSR count). The van der Waals surface area contributed by atoms with Gasteiger partial charge in [-0.05, 0) is 12.8 Å². The van der Waals surface area contributed by atoms with E-state index >= 15 is 0 Å². The first-order valence-electron chi connectivity index (χ1n) is 3.10. The maximum Gasteiger partial charge on any atom is 0.0690 e. The third-order valence-corrected chi connectivity index (χ3v) is 2.96. The second-order valence-corrected chi connectivity index (χ2v) is 3.72. The molecule has 0 aliphatic carbocycles. The summed E-state index contributed by atoms with van der Waals surface area (Å²) < 4.78 is 6.18. The Kier molecular flexibility index (Phi) is 2.56. The van der Waals surface area contributed by atoms with Gasteiger partial charge in [-0.2, -0.15) is 0 Å². The van der Waals surface area contributed by atoms with Crippen LogP contribution in [0.1, 0.15) is 19.8 Å². The summed E-state index contributed by atoms with van der Waals surface area (Å²) in [6.07, 6.45) is 2.97. The second-order valence-electron chi connectivity index (χ2n) is 2.12. The molecular formula is C6H11IO. The molecule has 1 fully saturated rings. The Bertz CT molecular complexity index is 74.9. The zero-order valence-electron chi connectivity index (χ0n) is 5.06. The van der Waals surface area contributed by atoms with Crippen molar-refractivity contribution >= 4 is 22.6 Å². The Hall–Kier alpha value is 0.690. The summed E-state index contributed by atoms with van der Waals surface area (Å²) in [6, 6.07) is 0. The summed E-state index contributed by atoms with van der Waals surface area (Å²) in [5.41, 5.74) is 0. The fourth-order valence-corrected chi connectivity index (χ4v) is 1.97. The van der Waals surface area contributed by atoms with Gasteiger partial charge in [-0.3, -0.25) is 0 Å². The first-order valence-corrected chi connectivity index (χ1v) is 4.35. The van der Waals surface area contributed by atoms with Crippen molar-refractivity contribution in [2.24, 2.45) is 0 Å². The van der Waals surface area contributed by atoms with Crippen LogP contribution in [0.25, 0.3) is 0 Å². The van der Waals surface area contributed by atoms with E-state index in [1.165, 1.54) is 12.8 Å². The molecule has 1 heterocycles. The van der Waals surface area contributed by atoms with Gasteiger partial charge in [-0.15, -0.1) is 0 Å².